The van der Waals surface area contributed by atoms with Crippen molar-refractivity contribution in [2.45, 2.75) is 13.5 Å². The number of nitrogens with one attached hydrogen (secondary N) is 1. The van der Waals surface area contributed by atoms with Gasteiger partial charge in [-0.2, -0.15) is 4.98 Å². The van der Waals surface area contributed by atoms with Crippen LogP contribution in [-0.2, 0) is 6.54 Å². The third-order valence-corrected chi connectivity index (χ3v) is 3.54. The van der Waals surface area contributed by atoms with E-state index in [2.05, 4.69) is 55.7 Å². The Morgan fingerprint density at radius 1 is 1.15 bits per heavy atom. The molecule has 5 heteroatoms. The van der Waals surface area contributed by atoms with Gasteiger partial charge in [0, 0.05) is 10.0 Å². The highest BCUT2D eigenvalue weighted by Crippen LogP contribution is 2.25. The van der Waals surface area contributed by atoms with Crippen LogP contribution < -0.4 is 5.32 Å². The molecular formula is C15H14BrN3O. The number of benzene rings is 2. The molecule has 1 heterocycles. The van der Waals surface area contributed by atoms with Gasteiger partial charge in [-0.3, -0.25) is 0 Å². The Balaban J connectivity index is 1.93. The van der Waals surface area contributed by atoms with Crippen LogP contribution in [0.2, 0.25) is 0 Å². The normalized spacial score (nSPS) is 11.1. The molecule has 3 rings (SSSR count). The molecule has 0 unspecified atom stereocenters. The highest BCUT2D eigenvalue weighted by atomic mass is 79.9. The second-order valence-corrected chi connectivity index (χ2v) is 5.42. The van der Waals surface area contributed by atoms with Crippen molar-refractivity contribution in [2.24, 2.45) is 0 Å². The van der Waals surface area contributed by atoms with Gasteiger partial charge in [0.1, 0.15) is 0 Å². The molecule has 0 saturated heterocycles. The average Bonchev–Trinajstić information content (AvgIpc) is 2.93. The van der Waals surface area contributed by atoms with E-state index in [1.165, 1.54) is 5.39 Å². The number of fused-ring (bicyclic) bond motifs is 1. The summed E-state index contributed by atoms with van der Waals surface area (Å²) in [6.07, 6.45) is 0. The Morgan fingerprint density at radius 2 is 1.95 bits per heavy atom. The molecule has 1 aromatic heterocycles. The summed E-state index contributed by atoms with van der Waals surface area (Å²) in [6.45, 7) is 3.55. The van der Waals surface area contributed by atoms with Gasteiger partial charge < -0.3 is 9.84 Å². The van der Waals surface area contributed by atoms with Crippen LogP contribution in [0.4, 0.5) is 0 Å². The molecule has 0 spiro atoms. The molecule has 0 bridgehead atoms. The molecule has 0 aliphatic heterocycles. The van der Waals surface area contributed by atoms with Gasteiger partial charge in [-0.15, -0.1) is 0 Å². The third kappa shape index (κ3) is 2.73. The van der Waals surface area contributed by atoms with E-state index in [9.17, 15) is 0 Å². The van der Waals surface area contributed by atoms with E-state index in [-0.39, 0.29) is 0 Å². The first-order chi connectivity index (χ1) is 9.76. The Labute approximate surface area is 125 Å². The number of hydrogen-bond donors (Lipinski definition) is 1. The molecule has 2 aromatic carbocycles. The number of hydrogen-bond acceptors (Lipinski definition) is 4. The van der Waals surface area contributed by atoms with Gasteiger partial charge in [-0.1, -0.05) is 40.1 Å². The van der Waals surface area contributed by atoms with Crippen molar-refractivity contribution in [1.29, 1.82) is 0 Å². The molecule has 0 radical (unpaired) electrons. The van der Waals surface area contributed by atoms with Gasteiger partial charge in [-0.05, 0) is 41.6 Å². The number of halogens is 1. The lowest BCUT2D eigenvalue weighted by atomic mass is 10.1. The average molecular weight is 332 g/mol. The van der Waals surface area contributed by atoms with Crippen molar-refractivity contribution < 1.29 is 4.52 Å². The molecule has 3 aromatic rings. The first-order valence-electron chi connectivity index (χ1n) is 6.49. The van der Waals surface area contributed by atoms with Crippen molar-refractivity contribution in [3.63, 3.8) is 0 Å². The van der Waals surface area contributed by atoms with Crippen LogP contribution in [-0.4, -0.2) is 16.7 Å². The predicted molar refractivity (Wildman–Crippen MR) is 82.3 cm³/mol. The number of aromatic nitrogens is 2. The molecule has 0 fully saturated rings. The van der Waals surface area contributed by atoms with Crippen molar-refractivity contribution in [2.75, 3.05) is 6.54 Å². The SMILES string of the molecule is CCNCc1noc(-c2ccc3cc(Br)ccc3c2)n1. The molecular weight excluding hydrogens is 318 g/mol. The lowest BCUT2D eigenvalue weighted by molar-refractivity contribution is 0.420. The minimum absolute atomic E-state index is 0.558. The zero-order chi connectivity index (χ0) is 13.9. The summed E-state index contributed by atoms with van der Waals surface area (Å²) in [5.74, 6) is 1.24. The Kier molecular flexibility index (Phi) is 3.80. The lowest BCUT2D eigenvalue weighted by Crippen LogP contribution is -2.12. The van der Waals surface area contributed by atoms with Gasteiger partial charge >= 0.3 is 0 Å². The van der Waals surface area contributed by atoms with Crippen LogP contribution in [0.5, 0.6) is 0 Å². The van der Waals surface area contributed by atoms with Crippen LogP contribution in [0.1, 0.15) is 12.7 Å². The highest BCUT2D eigenvalue weighted by Gasteiger charge is 2.09. The fourth-order valence-corrected chi connectivity index (χ4v) is 2.41. The zero-order valence-corrected chi connectivity index (χ0v) is 12.6. The van der Waals surface area contributed by atoms with Gasteiger partial charge in [0.25, 0.3) is 5.89 Å². The summed E-state index contributed by atoms with van der Waals surface area (Å²) >= 11 is 3.48. The van der Waals surface area contributed by atoms with Gasteiger partial charge in [0.15, 0.2) is 5.82 Å². The first-order valence-corrected chi connectivity index (χ1v) is 7.28. The van der Waals surface area contributed by atoms with E-state index in [0.717, 1.165) is 22.0 Å². The molecule has 0 saturated carbocycles. The van der Waals surface area contributed by atoms with Gasteiger partial charge in [0.2, 0.25) is 0 Å². The van der Waals surface area contributed by atoms with Gasteiger partial charge in [0.05, 0.1) is 6.54 Å². The molecule has 20 heavy (non-hydrogen) atoms. The summed E-state index contributed by atoms with van der Waals surface area (Å²) in [5, 5.41) is 9.47. The Hall–Kier alpha value is -1.72. The van der Waals surface area contributed by atoms with E-state index in [1.54, 1.807) is 0 Å². The molecule has 0 aliphatic carbocycles. The van der Waals surface area contributed by atoms with Crippen LogP contribution >= 0.6 is 15.9 Å². The van der Waals surface area contributed by atoms with Crippen molar-refractivity contribution in [1.82, 2.24) is 15.5 Å². The van der Waals surface area contributed by atoms with E-state index in [1.807, 2.05) is 19.1 Å². The largest absolute Gasteiger partial charge is 0.334 e. The third-order valence-electron chi connectivity index (χ3n) is 3.05. The van der Waals surface area contributed by atoms with E-state index in [0.29, 0.717) is 18.3 Å². The van der Waals surface area contributed by atoms with Crippen molar-refractivity contribution in [3.8, 4) is 11.5 Å². The molecule has 102 valence electrons. The number of nitrogens with zero attached hydrogens (tertiary/aromatic N) is 2. The van der Waals surface area contributed by atoms with Crippen LogP contribution in [0.3, 0.4) is 0 Å². The summed E-state index contributed by atoms with van der Waals surface area (Å²) in [5.41, 5.74) is 0.940. The Morgan fingerprint density at radius 3 is 2.80 bits per heavy atom. The second kappa shape index (κ2) is 5.73. The zero-order valence-electron chi connectivity index (χ0n) is 11.1. The molecule has 0 atom stereocenters. The minimum atomic E-state index is 0.558. The first kappa shape index (κ1) is 13.3. The predicted octanol–water partition coefficient (Wildman–Crippen LogP) is 3.76. The standard InChI is InChI=1S/C15H14BrN3O/c1-2-17-9-14-18-15(20-19-14)12-4-3-11-8-13(16)6-5-10(11)7-12/h3-8,17H,2,9H2,1H3. The summed E-state index contributed by atoms with van der Waals surface area (Å²) in [7, 11) is 0. The van der Waals surface area contributed by atoms with E-state index in [4.69, 9.17) is 4.52 Å². The topological polar surface area (TPSA) is 51.0 Å². The monoisotopic (exact) mass is 331 g/mol. The second-order valence-electron chi connectivity index (χ2n) is 4.50. The fraction of sp³-hybridized carbons (Fsp3) is 0.200. The van der Waals surface area contributed by atoms with Crippen LogP contribution in [0, 0.1) is 0 Å². The summed E-state index contributed by atoms with van der Waals surface area (Å²) in [4.78, 5) is 4.39. The van der Waals surface area contributed by atoms with E-state index < -0.39 is 0 Å². The summed E-state index contributed by atoms with van der Waals surface area (Å²) in [6, 6.07) is 12.3. The Bertz CT molecular complexity index is 739. The summed E-state index contributed by atoms with van der Waals surface area (Å²) < 4.78 is 6.38. The molecule has 0 aliphatic rings. The van der Waals surface area contributed by atoms with E-state index >= 15 is 0 Å². The maximum Gasteiger partial charge on any atom is 0.257 e. The highest BCUT2D eigenvalue weighted by molar-refractivity contribution is 9.10. The smallest absolute Gasteiger partial charge is 0.257 e. The maximum absolute atomic E-state index is 5.31. The van der Waals surface area contributed by atoms with Crippen molar-refractivity contribution >= 4 is 26.7 Å². The molecule has 1 N–H and O–H groups in total. The molecule has 4 nitrogen and oxygen atoms in total. The fourth-order valence-electron chi connectivity index (χ4n) is 2.03. The minimum Gasteiger partial charge on any atom is -0.334 e. The van der Waals surface area contributed by atoms with Gasteiger partial charge in [-0.25, -0.2) is 0 Å². The number of rotatable bonds is 4. The van der Waals surface area contributed by atoms with Crippen LogP contribution in [0.25, 0.3) is 22.2 Å². The molecule has 0 amide bonds. The quantitative estimate of drug-likeness (QED) is 0.790. The van der Waals surface area contributed by atoms with Crippen molar-refractivity contribution in [3.05, 3.63) is 46.7 Å². The van der Waals surface area contributed by atoms with Crippen LogP contribution in [0.15, 0.2) is 45.4 Å². The lowest BCUT2D eigenvalue weighted by Gasteiger charge is -2.00. The maximum atomic E-state index is 5.31.